The highest BCUT2D eigenvalue weighted by Crippen LogP contribution is 2.06. The Bertz CT molecular complexity index is 327. The molecule has 0 radical (unpaired) electrons. The second-order valence-electron chi connectivity index (χ2n) is 4.05. The van der Waals surface area contributed by atoms with Crippen LogP contribution in [0.1, 0.15) is 19.8 Å². The lowest BCUT2D eigenvalue weighted by Crippen LogP contribution is -2.33. The molecular weight excluding hydrogens is 214 g/mol. The van der Waals surface area contributed by atoms with E-state index in [0.29, 0.717) is 19.0 Å². The van der Waals surface area contributed by atoms with Crippen LogP contribution in [-0.4, -0.2) is 19.1 Å². The number of urea groups is 1. The average Bonchev–Trinajstić information content (AvgIpc) is 2.35. The van der Waals surface area contributed by atoms with Crippen LogP contribution in [0.25, 0.3) is 0 Å². The number of hydrogen-bond acceptors (Lipinski definition) is 2. The molecule has 17 heavy (non-hydrogen) atoms. The summed E-state index contributed by atoms with van der Waals surface area (Å²) in [5.74, 6) is 0.460. The van der Waals surface area contributed by atoms with E-state index >= 15 is 0 Å². The lowest BCUT2D eigenvalue weighted by atomic mass is 10.0. The van der Waals surface area contributed by atoms with Crippen LogP contribution in [0.4, 0.5) is 10.5 Å². The van der Waals surface area contributed by atoms with Gasteiger partial charge in [-0.3, -0.25) is 0 Å². The summed E-state index contributed by atoms with van der Waals surface area (Å²) in [7, 11) is 0. The van der Waals surface area contributed by atoms with Crippen LogP contribution in [0.2, 0.25) is 0 Å². The van der Waals surface area contributed by atoms with Crippen molar-refractivity contribution in [2.24, 2.45) is 11.7 Å². The van der Waals surface area contributed by atoms with Crippen LogP contribution in [-0.2, 0) is 0 Å². The second-order valence-corrected chi connectivity index (χ2v) is 4.05. The Morgan fingerprint density at radius 1 is 1.35 bits per heavy atom. The number of rotatable bonds is 6. The van der Waals surface area contributed by atoms with Gasteiger partial charge in [0.05, 0.1) is 0 Å². The van der Waals surface area contributed by atoms with Gasteiger partial charge in [0, 0.05) is 12.2 Å². The van der Waals surface area contributed by atoms with Crippen LogP contribution in [0.15, 0.2) is 30.3 Å². The van der Waals surface area contributed by atoms with Gasteiger partial charge in [0.1, 0.15) is 0 Å². The van der Waals surface area contributed by atoms with Gasteiger partial charge >= 0.3 is 6.03 Å². The number of hydrogen-bond donors (Lipinski definition) is 3. The summed E-state index contributed by atoms with van der Waals surface area (Å²) in [5.41, 5.74) is 6.31. The predicted octanol–water partition coefficient (Wildman–Crippen LogP) is 2.18. The molecule has 0 saturated heterocycles. The van der Waals surface area contributed by atoms with E-state index < -0.39 is 0 Å². The normalized spacial score (nSPS) is 11.9. The van der Waals surface area contributed by atoms with E-state index in [1.54, 1.807) is 0 Å². The smallest absolute Gasteiger partial charge is 0.319 e. The molecule has 0 spiro atoms. The van der Waals surface area contributed by atoms with Gasteiger partial charge in [-0.15, -0.1) is 0 Å². The number of nitrogens with two attached hydrogens (primary N) is 1. The van der Waals surface area contributed by atoms with Gasteiger partial charge in [0.25, 0.3) is 0 Å². The topological polar surface area (TPSA) is 67.1 Å². The number of carbonyl (C=O) groups excluding carboxylic acids is 1. The molecule has 4 heteroatoms. The summed E-state index contributed by atoms with van der Waals surface area (Å²) in [6.07, 6.45) is 1.98. The Balaban J connectivity index is 2.30. The predicted molar refractivity (Wildman–Crippen MR) is 70.9 cm³/mol. The van der Waals surface area contributed by atoms with Crippen LogP contribution < -0.4 is 16.4 Å². The molecule has 1 aromatic carbocycles. The fourth-order valence-electron chi connectivity index (χ4n) is 1.62. The zero-order valence-corrected chi connectivity index (χ0v) is 10.3. The van der Waals surface area contributed by atoms with E-state index in [4.69, 9.17) is 5.73 Å². The molecule has 0 aromatic heterocycles. The summed E-state index contributed by atoms with van der Waals surface area (Å²) in [6.45, 7) is 3.45. The first-order valence-corrected chi connectivity index (χ1v) is 6.06. The van der Waals surface area contributed by atoms with Crippen LogP contribution in [0.5, 0.6) is 0 Å². The number of anilines is 1. The molecule has 1 aromatic rings. The van der Waals surface area contributed by atoms with E-state index in [-0.39, 0.29) is 6.03 Å². The van der Waals surface area contributed by atoms with Gasteiger partial charge < -0.3 is 16.4 Å². The molecule has 0 saturated carbocycles. The molecule has 1 atom stereocenters. The maximum atomic E-state index is 11.6. The Kier molecular flexibility index (Phi) is 6.10. The average molecular weight is 235 g/mol. The third kappa shape index (κ3) is 5.36. The first kappa shape index (κ1) is 13.5. The van der Waals surface area contributed by atoms with Crippen molar-refractivity contribution >= 4 is 11.7 Å². The monoisotopic (exact) mass is 235 g/mol. The van der Waals surface area contributed by atoms with Crippen molar-refractivity contribution in [3.05, 3.63) is 30.3 Å². The molecular formula is C13H21N3O. The van der Waals surface area contributed by atoms with Gasteiger partial charge in [0.2, 0.25) is 0 Å². The molecule has 2 amide bonds. The summed E-state index contributed by atoms with van der Waals surface area (Å²) in [4.78, 5) is 11.6. The van der Waals surface area contributed by atoms with Crippen molar-refractivity contribution < 1.29 is 4.79 Å². The van der Waals surface area contributed by atoms with Crippen LogP contribution >= 0.6 is 0 Å². The minimum absolute atomic E-state index is 0.160. The molecule has 0 aliphatic heterocycles. The molecule has 1 rings (SSSR count). The number of benzene rings is 1. The van der Waals surface area contributed by atoms with Gasteiger partial charge in [-0.1, -0.05) is 31.5 Å². The molecule has 1 unspecified atom stereocenters. The van der Waals surface area contributed by atoms with Gasteiger partial charge in [-0.2, -0.15) is 0 Å². The minimum atomic E-state index is -0.160. The van der Waals surface area contributed by atoms with Crippen LogP contribution in [0, 0.1) is 5.92 Å². The van der Waals surface area contributed by atoms with E-state index in [9.17, 15) is 4.79 Å². The van der Waals surface area contributed by atoms with Crippen molar-refractivity contribution in [1.29, 1.82) is 0 Å². The van der Waals surface area contributed by atoms with Gasteiger partial charge in [-0.25, -0.2) is 4.79 Å². The van der Waals surface area contributed by atoms with Crippen molar-refractivity contribution in [2.45, 2.75) is 19.8 Å². The summed E-state index contributed by atoms with van der Waals surface area (Å²) >= 11 is 0. The zero-order chi connectivity index (χ0) is 12.5. The van der Waals surface area contributed by atoms with Gasteiger partial charge in [-0.05, 0) is 31.0 Å². The molecule has 4 nitrogen and oxygen atoms in total. The molecule has 0 aliphatic rings. The molecule has 0 fully saturated rings. The van der Waals surface area contributed by atoms with Crippen molar-refractivity contribution in [3.63, 3.8) is 0 Å². The van der Waals surface area contributed by atoms with Gasteiger partial charge in [0.15, 0.2) is 0 Å². The summed E-state index contributed by atoms with van der Waals surface area (Å²) in [5, 5.41) is 5.64. The SMILES string of the molecule is CCC(CCN)CNC(=O)Nc1ccccc1. The number of carbonyl (C=O) groups is 1. The highest BCUT2D eigenvalue weighted by atomic mass is 16.2. The Labute approximate surface area is 103 Å². The number of para-hydroxylation sites is 1. The lowest BCUT2D eigenvalue weighted by Gasteiger charge is -2.15. The van der Waals surface area contributed by atoms with E-state index in [1.807, 2.05) is 30.3 Å². The summed E-state index contributed by atoms with van der Waals surface area (Å²) in [6, 6.07) is 9.25. The first-order valence-electron chi connectivity index (χ1n) is 6.06. The maximum Gasteiger partial charge on any atom is 0.319 e. The number of nitrogens with one attached hydrogen (secondary N) is 2. The van der Waals surface area contributed by atoms with Crippen LogP contribution in [0.3, 0.4) is 0 Å². The molecule has 0 bridgehead atoms. The molecule has 0 aliphatic carbocycles. The summed E-state index contributed by atoms with van der Waals surface area (Å²) < 4.78 is 0. The van der Waals surface area contributed by atoms with E-state index in [1.165, 1.54) is 0 Å². The molecule has 94 valence electrons. The fourth-order valence-corrected chi connectivity index (χ4v) is 1.62. The van der Waals surface area contributed by atoms with E-state index in [0.717, 1.165) is 18.5 Å². The molecule has 0 heterocycles. The van der Waals surface area contributed by atoms with E-state index in [2.05, 4.69) is 17.6 Å². The Morgan fingerprint density at radius 2 is 2.06 bits per heavy atom. The highest BCUT2D eigenvalue weighted by molar-refractivity contribution is 5.89. The molecule has 4 N–H and O–H groups in total. The largest absolute Gasteiger partial charge is 0.338 e. The Hall–Kier alpha value is -1.55. The second kappa shape index (κ2) is 7.68. The van der Waals surface area contributed by atoms with Crippen molar-refractivity contribution in [1.82, 2.24) is 5.32 Å². The number of amides is 2. The third-order valence-corrected chi connectivity index (χ3v) is 2.74. The van der Waals surface area contributed by atoms with Crippen molar-refractivity contribution in [3.8, 4) is 0 Å². The maximum absolute atomic E-state index is 11.6. The quantitative estimate of drug-likeness (QED) is 0.707. The van der Waals surface area contributed by atoms with Crippen molar-refractivity contribution in [2.75, 3.05) is 18.4 Å². The third-order valence-electron chi connectivity index (χ3n) is 2.74. The zero-order valence-electron chi connectivity index (χ0n) is 10.3. The highest BCUT2D eigenvalue weighted by Gasteiger charge is 2.07. The standard InChI is InChI=1S/C13H21N3O/c1-2-11(8-9-14)10-15-13(17)16-12-6-4-3-5-7-12/h3-7,11H,2,8-10,14H2,1H3,(H2,15,16,17). The lowest BCUT2D eigenvalue weighted by molar-refractivity contribution is 0.249. The minimum Gasteiger partial charge on any atom is -0.338 e. The fraction of sp³-hybridized carbons (Fsp3) is 0.462. The first-order chi connectivity index (χ1) is 8.26. The Morgan fingerprint density at radius 3 is 2.65 bits per heavy atom.